The van der Waals surface area contributed by atoms with Crippen molar-refractivity contribution in [2.45, 2.75) is 50.4 Å². The lowest BCUT2D eigenvalue weighted by Crippen LogP contribution is -2.57. The van der Waals surface area contributed by atoms with Crippen molar-refractivity contribution in [1.82, 2.24) is 19.9 Å². The molecule has 0 aliphatic carbocycles. The number of aliphatic hydroxyl groups is 1. The second-order valence-corrected chi connectivity index (χ2v) is 8.46. The van der Waals surface area contributed by atoms with Crippen molar-refractivity contribution < 1.29 is 38.7 Å². The van der Waals surface area contributed by atoms with Gasteiger partial charge in [-0.15, -0.1) is 0 Å². The summed E-state index contributed by atoms with van der Waals surface area (Å²) in [4.78, 5) is 65.6. The maximum Gasteiger partial charge on any atom is 0.394 e. The average molecular weight is 440 g/mol. The first-order chi connectivity index (χ1) is 14.8. The van der Waals surface area contributed by atoms with Crippen molar-refractivity contribution in [2.75, 3.05) is 45.8 Å². The van der Waals surface area contributed by atoms with E-state index in [2.05, 4.69) is 9.80 Å². The summed E-state index contributed by atoms with van der Waals surface area (Å²) < 4.78 is 5.59. The summed E-state index contributed by atoms with van der Waals surface area (Å²) in [6, 6.07) is -0.941. The van der Waals surface area contributed by atoms with Crippen LogP contribution in [0.2, 0.25) is 0 Å². The molecule has 2 amide bonds. The number of hydrogen-bond donors (Lipinski definition) is 1. The van der Waals surface area contributed by atoms with Gasteiger partial charge in [0, 0.05) is 18.3 Å². The highest BCUT2D eigenvalue weighted by Crippen LogP contribution is 2.27. The summed E-state index contributed by atoms with van der Waals surface area (Å²) in [6.07, 6.45) is 1.56. The van der Waals surface area contributed by atoms with Crippen LogP contribution in [0.4, 0.5) is 4.79 Å². The molecule has 4 fully saturated rings. The minimum Gasteiger partial charge on any atom is -0.440 e. The van der Waals surface area contributed by atoms with Gasteiger partial charge in [-0.3, -0.25) is 19.4 Å². The first kappa shape index (κ1) is 21.8. The highest BCUT2D eigenvalue weighted by molar-refractivity contribution is 5.92. The van der Waals surface area contributed by atoms with Crippen LogP contribution in [-0.2, 0) is 28.8 Å². The first-order valence-corrected chi connectivity index (χ1v) is 10.7. The monoisotopic (exact) mass is 440 g/mol. The highest BCUT2D eigenvalue weighted by Gasteiger charge is 2.51. The first-order valence-electron chi connectivity index (χ1n) is 10.7. The standard InChI is InChI=1S/C19H28N4O8/c24-15-11-19(28)12-16(25)30-23(31-17(19)26)18(27)22(10-9-20-5-1-2-6-20)14(29-15)13-21-7-3-4-8-21/h14,28H,1-13H2. The van der Waals surface area contributed by atoms with Gasteiger partial charge in [0.05, 0.1) is 19.4 Å². The predicted octanol–water partition coefficient (Wildman–Crippen LogP) is -0.774. The lowest BCUT2D eigenvalue weighted by Gasteiger charge is -2.36. The molecule has 0 saturated carbocycles. The van der Waals surface area contributed by atoms with Gasteiger partial charge < -0.3 is 19.6 Å². The number of hydrogen-bond acceptors (Lipinski definition) is 10. The van der Waals surface area contributed by atoms with Crippen LogP contribution in [0.1, 0.15) is 38.5 Å². The minimum absolute atomic E-state index is 0.181. The number of urea groups is 1. The summed E-state index contributed by atoms with van der Waals surface area (Å²) in [7, 11) is 0. The number of likely N-dealkylation sites (tertiary alicyclic amines) is 2. The molecule has 12 heteroatoms. The molecule has 12 nitrogen and oxygen atoms in total. The number of carbonyl (C=O) groups is 4. The fourth-order valence-corrected chi connectivity index (χ4v) is 4.37. The van der Waals surface area contributed by atoms with Crippen LogP contribution in [0.25, 0.3) is 0 Å². The summed E-state index contributed by atoms with van der Waals surface area (Å²) in [5, 5.41) is 10.8. The molecule has 2 unspecified atom stereocenters. The number of amides is 2. The van der Waals surface area contributed by atoms with Crippen LogP contribution >= 0.6 is 0 Å². The molecule has 0 aromatic rings. The maximum absolute atomic E-state index is 13.3. The Labute approximate surface area is 179 Å². The molecule has 4 rings (SSSR count). The van der Waals surface area contributed by atoms with E-state index in [1.54, 1.807) is 0 Å². The number of fused-ring (bicyclic) bond motifs is 3. The van der Waals surface area contributed by atoms with Gasteiger partial charge in [-0.2, -0.15) is 0 Å². The Kier molecular flexibility index (Phi) is 6.30. The molecule has 0 radical (unpaired) electrons. The normalized spacial score (nSPS) is 30.9. The molecule has 2 atom stereocenters. The van der Waals surface area contributed by atoms with Gasteiger partial charge in [-0.1, -0.05) is 0 Å². The van der Waals surface area contributed by atoms with E-state index in [0.29, 0.717) is 6.54 Å². The van der Waals surface area contributed by atoms with Crippen molar-refractivity contribution in [1.29, 1.82) is 0 Å². The van der Waals surface area contributed by atoms with Crippen molar-refractivity contribution in [3.05, 3.63) is 0 Å². The fourth-order valence-electron chi connectivity index (χ4n) is 4.37. The Morgan fingerprint density at radius 2 is 1.45 bits per heavy atom. The van der Waals surface area contributed by atoms with Gasteiger partial charge in [0.25, 0.3) is 0 Å². The van der Waals surface area contributed by atoms with Crippen molar-refractivity contribution >= 4 is 23.9 Å². The third kappa shape index (κ3) is 4.91. The zero-order valence-electron chi connectivity index (χ0n) is 17.4. The largest absolute Gasteiger partial charge is 0.440 e. The Bertz CT molecular complexity index is 736. The van der Waals surface area contributed by atoms with Gasteiger partial charge in [0.1, 0.15) is 0 Å². The molecular weight excluding hydrogens is 412 g/mol. The topological polar surface area (TPSA) is 129 Å². The molecule has 0 spiro atoms. The second kappa shape index (κ2) is 8.97. The number of rotatable bonds is 5. The number of esters is 1. The van der Waals surface area contributed by atoms with E-state index in [1.807, 2.05) is 0 Å². The summed E-state index contributed by atoms with van der Waals surface area (Å²) in [6.45, 7) is 4.39. The van der Waals surface area contributed by atoms with E-state index in [0.717, 1.165) is 51.9 Å². The van der Waals surface area contributed by atoms with E-state index in [-0.39, 0.29) is 18.3 Å². The molecular formula is C19H28N4O8. The number of hydroxylamine groups is 2. The molecule has 172 valence electrons. The van der Waals surface area contributed by atoms with E-state index in [1.165, 1.54) is 4.90 Å². The summed E-state index contributed by atoms with van der Waals surface area (Å²) >= 11 is 0. The molecule has 0 aromatic carbocycles. The molecule has 4 aliphatic rings. The molecule has 4 saturated heterocycles. The van der Waals surface area contributed by atoms with Crippen LogP contribution in [0.3, 0.4) is 0 Å². The Morgan fingerprint density at radius 1 is 0.839 bits per heavy atom. The third-order valence-corrected chi connectivity index (χ3v) is 6.09. The van der Waals surface area contributed by atoms with Gasteiger partial charge in [0.15, 0.2) is 11.8 Å². The molecule has 0 aromatic heterocycles. The van der Waals surface area contributed by atoms with Crippen LogP contribution in [0, 0.1) is 0 Å². The van der Waals surface area contributed by atoms with Crippen molar-refractivity contribution in [3.63, 3.8) is 0 Å². The van der Waals surface area contributed by atoms with E-state index in [9.17, 15) is 24.3 Å². The van der Waals surface area contributed by atoms with Gasteiger partial charge >= 0.3 is 23.9 Å². The number of carbonyl (C=O) groups excluding carboxylic acids is 4. The van der Waals surface area contributed by atoms with Crippen LogP contribution in [-0.4, -0.2) is 107 Å². The zero-order chi connectivity index (χ0) is 22.0. The maximum atomic E-state index is 13.3. The van der Waals surface area contributed by atoms with Gasteiger partial charge in [-0.25, -0.2) is 14.4 Å². The number of ether oxygens (including phenoxy) is 1. The van der Waals surface area contributed by atoms with E-state index >= 15 is 0 Å². The fraction of sp³-hybridized carbons (Fsp3) is 0.789. The van der Waals surface area contributed by atoms with Gasteiger partial charge in [-0.05, 0) is 51.9 Å². The quantitative estimate of drug-likeness (QED) is 0.544. The molecule has 4 heterocycles. The number of cyclic esters (lactones) is 1. The van der Waals surface area contributed by atoms with Crippen LogP contribution in [0.5, 0.6) is 0 Å². The van der Waals surface area contributed by atoms with Crippen molar-refractivity contribution in [3.8, 4) is 0 Å². The lowest BCUT2D eigenvalue weighted by atomic mass is 9.96. The second-order valence-electron chi connectivity index (χ2n) is 8.46. The molecule has 2 bridgehead atoms. The van der Waals surface area contributed by atoms with E-state index < -0.39 is 48.6 Å². The number of nitrogens with zero attached hydrogens (tertiary/aromatic N) is 4. The third-order valence-electron chi connectivity index (χ3n) is 6.09. The minimum atomic E-state index is -2.46. The average Bonchev–Trinajstić information content (AvgIpc) is 3.38. The van der Waals surface area contributed by atoms with Crippen LogP contribution in [0.15, 0.2) is 0 Å². The van der Waals surface area contributed by atoms with Crippen molar-refractivity contribution in [2.24, 2.45) is 0 Å². The van der Waals surface area contributed by atoms with Crippen LogP contribution < -0.4 is 0 Å². The highest BCUT2D eigenvalue weighted by atomic mass is 17.0. The Balaban J connectivity index is 1.62. The summed E-state index contributed by atoms with van der Waals surface area (Å²) in [5.74, 6) is -3.28. The summed E-state index contributed by atoms with van der Waals surface area (Å²) in [5.41, 5.74) is -2.46. The molecule has 1 N–H and O–H groups in total. The van der Waals surface area contributed by atoms with E-state index in [4.69, 9.17) is 14.4 Å². The zero-order valence-corrected chi connectivity index (χ0v) is 17.4. The Morgan fingerprint density at radius 3 is 2.13 bits per heavy atom. The predicted molar refractivity (Wildman–Crippen MR) is 102 cm³/mol. The smallest absolute Gasteiger partial charge is 0.394 e. The SMILES string of the molecule is O=C1CC2(O)CC(=O)ON(OC2=O)C(=O)N(CCN2CCCC2)C(CN2CCCC2)O1. The molecule has 4 aliphatic heterocycles. The molecule has 31 heavy (non-hydrogen) atoms. The van der Waals surface area contributed by atoms with Gasteiger partial charge in [0.2, 0.25) is 0 Å². The Hall–Kier alpha value is -2.44. The lowest BCUT2D eigenvalue weighted by molar-refractivity contribution is -0.295.